The van der Waals surface area contributed by atoms with Crippen LogP contribution in [-0.4, -0.2) is 5.97 Å². The standard InChI is InChI=1S/C18H11BrO4/c19-13-8-5-12(6-9-13)7-10-17(20)23-16-11-18(21)22-15-4-2-1-3-14(15)16/h1-11H/b10-7+. The number of carbonyl (C=O) groups excluding carboxylic acids is 1. The van der Waals surface area contributed by atoms with Gasteiger partial charge in [0.15, 0.2) is 0 Å². The summed E-state index contributed by atoms with van der Waals surface area (Å²) in [5.74, 6) is -0.383. The smallest absolute Gasteiger partial charge is 0.339 e. The molecule has 1 heterocycles. The summed E-state index contributed by atoms with van der Waals surface area (Å²) < 4.78 is 11.3. The Morgan fingerprint density at radius 2 is 1.83 bits per heavy atom. The van der Waals surface area contributed by atoms with Crippen molar-refractivity contribution in [2.24, 2.45) is 0 Å². The molecule has 0 unspecified atom stereocenters. The number of carbonyl (C=O) groups is 1. The highest BCUT2D eigenvalue weighted by Crippen LogP contribution is 2.23. The molecule has 0 atom stereocenters. The van der Waals surface area contributed by atoms with E-state index in [1.165, 1.54) is 6.08 Å². The summed E-state index contributed by atoms with van der Waals surface area (Å²) in [6, 6.07) is 15.5. The predicted molar refractivity (Wildman–Crippen MR) is 91.3 cm³/mol. The SMILES string of the molecule is O=C(/C=C/c1ccc(Br)cc1)Oc1cc(=O)oc2ccccc12. The van der Waals surface area contributed by atoms with Crippen LogP contribution in [0, 0.1) is 0 Å². The largest absolute Gasteiger partial charge is 0.422 e. The number of ether oxygens (including phenoxy) is 1. The van der Waals surface area contributed by atoms with Crippen LogP contribution in [0.3, 0.4) is 0 Å². The Hall–Kier alpha value is -2.66. The van der Waals surface area contributed by atoms with Crippen LogP contribution in [0.15, 0.2) is 74.4 Å². The number of rotatable bonds is 3. The van der Waals surface area contributed by atoms with Gasteiger partial charge in [0.2, 0.25) is 0 Å². The molecule has 5 heteroatoms. The fourth-order valence-corrected chi connectivity index (χ4v) is 2.31. The monoisotopic (exact) mass is 370 g/mol. The van der Waals surface area contributed by atoms with E-state index in [4.69, 9.17) is 9.15 Å². The molecule has 114 valence electrons. The third kappa shape index (κ3) is 3.76. The van der Waals surface area contributed by atoms with Crippen LogP contribution in [0.1, 0.15) is 5.56 Å². The molecule has 0 saturated carbocycles. The van der Waals surface area contributed by atoms with E-state index in [1.54, 1.807) is 30.3 Å². The summed E-state index contributed by atoms with van der Waals surface area (Å²) in [5.41, 5.74) is 0.672. The number of benzene rings is 2. The molecule has 1 aromatic heterocycles. The van der Waals surface area contributed by atoms with Gasteiger partial charge < -0.3 is 9.15 Å². The molecule has 0 aliphatic heterocycles. The van der Waals surface area contributed by atoms with Crippen molar-refractivity contribution in [2.45, 2.75) is 0 Å². The minimum absolute atomic E-state index is 0.183. The molecule has 0 amide bonds. The van der Waals surface area contributed by atoms with Crippen LogP contribution in [0.2, 0.25) is 0 Å². The number of esters is 1. The molecule has 3 aromatic rings. The Labute approximate surface area is 140 Å². The molecule has 23 heavy (non-hydrogen) atoms. The van der Waals surface area contributed by atoms with E-state index >= 15 is 0 Å². The zero-order valence-corrected chi connectivity index (χ0v) is 13.4. The normalized spacial score (nSPS) is 11.0. The Bertz CT molecular complexity index is 939. The minimum atomic E-state index is -0.566. The third-order valence-electron chi connectivity index (χ3n) is 3.10. The van der Waals surface area contributed by atoms with Crippen LogP contribution in [-0.2, 0) is 4.79 Å². The Kier molecular flexibility index (Phi) is 4.39. The number of para-hydroxylation sites is 1. The van der Waals surface area contributed by atoms with E-state index in [2.05, 4.69) is 15.9 Å². The molecule has 0 saturated heterocycles. The third-order valence-corrected chi connectivity index (χ3v) is 3.63. The fraction of sp³-hybridized carbons (Fsp3) is 0. The van der Waals surface area contributed by atoms with Crippen LogP contribution in [0.25, 0.3) is 17.0 Å². The predicted octanol–water partition coefficient (Wildman–Crippen LogP) is 4.17. The van der Waals surface area contributed by atoms with Gasteiger partial charge in [-0.15, -0.1) is 0 Å². The zero-order valence-electron chi connectivity index (χ0n) is 11.9. The molecule has 0 spiro atoms. The quantitative estimate of drug-likeness (QED) is 0.394. The van der Waals surface area contributed by atoms with Crippen molar-refractivity contribution in [2.75, 3.05) is 0 Å². The maximum atomic E-state index is 12.0. The van der Waals surface area contributed by atoms with Gasteiger partial charge in [0, 0.05) is 10.5 Å². The topological polar surface area (TPSA) is 56.5 Å². The van der Waals surface area contributed by atoms with Gasteiger partial charge in [-0.1, -0.05) is 40.2 Å². The summed E-state index contributed by atoms with van der Waals surface area (Å²) in [6.45, 7) is 0. The zero-order chi connectivity index (χ0) is 16.2. The molecule has 4 nitrogen and oxygen atoms in total. The van der Waals surface area contributed by atoms with Gasteiger partial charge in [-0.25, -0.2) is 9.59 Å². The summed E-state index contributed by atoms with van der Waals surface area (Å²) in [5, 5.41) is 0.567. The molecular formula is C18H11BrO4. The van der Waals surface area contributed by atoms with Gasteiger partial charge in [0.1, 0.15) is 11.3 Å². The lowest BCUT2D eigenvalue weighted by Crippen LogP contribution is -2.07. The van der Waals surface area contributed by atoms with Gasteiger partial charge in [-0.05, 0) is 35.9 Å². The lowest BCUT2D eigenvalue weighted by molar-refractivity contribution is -0.128. The number of hydrogen-bond donors (Lipinski definition) is 0. The summed E-state index contributed by atoms with van der Waals surface area (Å²) >= 11 is 3.35. The van der Waals surface area contributed by atoms with Crippen LogP contribution in [0.4, 0.5) is 0 Å². The van der Waals surface area contributed by atoms with E-state index in [0.717, 1.165) is 16.1 Å². The highest BCUT2D eigenvalue weighted by molar-refractivity contribution is 9.10. The summed E-state index contributed by atoms with van der Waals surface area (Å²) in [7, 11) is 0. The second-order valence-corrected chi connectivity index (χ2v) is 5.65. The lowest BCUT2D eigenvalue weighted by atomic mass is 10.2. The molecule has 0 aliphatic rings. The first-order chi connectivity index (χ1) is 11.1. The molecule has 0 N–H and O–H groups in total. The van der Waals surface area contributed by atoms with E-state index in [0.29, 0.717) is 11.0 Å². The average Bonchev–Trinajstić information content (AvgIpc) is 2.54. The number of hydrogen-bond acceptors (Lipinski definition) is 4. The van der Waals surface area contributed by atoms with Gasteiger partial charge >= 0.3 is 11.6 Å². The van der Waals surface area contributed by atoms with Crippen LogP contribution in [0.5, 0.6) is 5.75 Å². The van der Waals surface area contributed by atoms with Gasteiger partial charge in [0.25, 0.3) is 0 Å². The first kappa shape index (κ1) is 15.2. The van der Waals surface area contributed by atoms with E-state index in [1.807, 2.05) is 24.3 Å². The first-order valence-electron chi connectivity index (χ1n) is 6.80. The second-order valence-electron chi connectivity index (χ2n) is 4.73. The number of halogens is 1. The van der Waals surface area contributed by atoms with Gasteiger partial charge in [-0.2, -0.15) is 0 Å². The highest BCUT2D eigenvalue weighted by atomic mass is 79.9. The minimum Gasteiger partial charge on any atom is -0.422 e. The Morgan fingerprint density at radius 1 is 1.09 bits per heavy atom. The maximum absolute atomic E-state index is 12.0. The van der Waals surface area contributed by atoms with Crippen LogP contribution < -0.4 is 10.4 Å². The molecule has 3 rings (SSSR count). The van der Waals surface area contributed by atoms with Gasteiger partial charge in [-0.3, -0.25) is 0 Å². The highest BCUT2D eigenvalue weighted by Gasteiger charge is 2.09. The van der Waals surface area contributed by atoms with Crippen LogP contribution >= 0.6 is 15.9 Å². The molecular weight excluding hydrogens is 360 g/mol. The maximum Gasteiger partial charge on any atom is 0.339 e. The number of fused-ring (bicyclic) bond motifs is 1. The van der Waals surface area contributed by atoms with Crippen molar-refractivity contribution in [3.05, 3.63) is 81.1 Å². The van der Waals surface area contributed by atoms with Crippen molar-refractivity contribution >= 4 is 38.9 Å². The summed E-state index contributed by atoms with van der Waals surface area (Å²) in [4.78, 5) is 23.5. The van der Waals surface area contributed by atoms with Crippen molar-refractivity contribution in [3.8, 4) is 5.75 Å². The second kappa shape index (κ2) is 6.62. The summed E-state index contributed by atoms with van der Waals surface area (Å²) in [6.07, 6.45) is 2.95. The average molecular weight is 371 g/mol. The van der Waals surface area contributed by atoms with Crippen molar-refractivity contribution in [1.29, 1.82) is 0 Å². The molecule has 0 radical (unpaired) electrons. The van der Waals surface area contributed by atoms with E-state index in [-0.39, 0.29) is 5.75 Å². The fourth-order valence-electron chi connectivity index (χ4n) is 2.05. The molecule has 0 fully saturated rings. The lowest BCUT2D eigenvalue weighted by Gasteiger charge is -2.04. The Morgan fingerprint density at radius 3 is 2.61 bits per heavy atom. The first-order valence-corrected chi connectivity index (χ1v) is 7.59. The van der Waals surface area contributed by atoms with E-state index in [9.17, 15) is 9.59 Å². The Balaban J connectivity index is 1.83. The van der Waals surface area contributed by atoms with Crippen molar-refractivity contribution in [1.82, 2.24) is 0 Å². The van der Waals surface area contributed by atoms with Gasteiger partial charge in [0.05, 0.1) is 11.5 Å². The van der Waals surface area contributed by atoms with Crippen molar-refractivity contribution in [3.63, 3.8) is 0 Å². The molecule has 2 aromatic carbocycles. The van der Waals surface area contributed by atoms with Crippen molar-refractivity contribution < 1.29 is 13.9 Å². The molecule has 0 bridgehead atoms. The molecule has 0 aliphatic carbocycles. The van der Waals surface area contributed by atoms with E-state index < -0.39 is 11.6 Å².